The second kappa shape index (κ2) is 6.48. The molecule has 2 N–H and O–H groups in total. The Bertz CT molecular complexity index is 417. The molecule has 106 valence electrons. The third kappa shape index (κ3) is 3.42. The number of rotatable bonds is 5. The van der Waals surface area contributed by atoms with Crippen LogP contribution in [-0.4, -0.2) is 66.1 Å². The summed E-state index contributed by atoms with van der Waals surface area (Å²) < 4.78 is 10.5. The largest absolute Gasteiger partial charge is 0.467 e. The van der Waals surface area contributed by atoms with Gasteiger partial charge in [-0.15, -0.1) is 0 Å². The van der Waals surface area contributed by atoms with E-state index in [2.05, 4.69) is 20.3 Å². The van der Waals surface area contributed by atoms with E-state index in [0.29, 0.717) is 31.6 Å². The highest BCUT2D eigenvalue weighted by Gasteiger charge is 2.23. The van der Waals surface area contributed by atoms with E-state index in [1.54, 1.807) is 0 Å². The maximum Gasteiger partial charge on any atom is 0.322 e. The number of hydrogen-bond acceptors (Lipinski definition) is 8. The van der Waals surface area contributed by atoms with Crippen molar-refractivity contribution in [3.05, 3.63) is 0 Å². The first-order chi connectivity index (χ1) is 9.26. The second-order valence-electron chi connectivity index (χ2n) is 4.10. The molecule has 1 aliphatic rings. The van der Waals surface area contributed by atoms with Gasteiger partial charge in [0.15, 0.2) is 0 Å². The van der Waals surface area contributed by atoms with Crippen LogP contribution in [0.1, 0.15) is 6.92 Å². The predicted molar refractivity (Wildman–Crippen MR) is 69.6 cm³/mol. The standard InChI is InChI=1S/C11H19N5O3/c1-3-12-9-13-10(15-11(14-9)18-2)16-4-5-19-8(6-16)7-17/h8,17H,3-7H2,1-2H3,(H,12,13,14,15). The van der Waals surface area contributed by atoms with Gasteiger partial charge in [0.2, 0.25) is 11.9 Å². The van der Waals surface area contributed by atoms with Crippen LogP contribution in [0.3, 0.4) is 0 Å². The Balaban J connectivity index is 2.19. The summed E-state index contributed by atoms with van der Waals surface area (Å²) >= 11 is 0. The minimum absolute atomic E-state index is 0.0151. The molecular weight excluding hydrogens is 250 g/mol. The predicted octanol–water partition coefficient (Wildman–Crippen LogP) is -0.490. The van der Waals surface area contributed by atoms with E-state index in [4.69, 9.17) is 14.6 Å². The smallest absolute Gasteiger partial charge is 0.322 e. The molecule has 19 heavy (non-hydrogen) atoms. The van der Waals surface area contributed by atoms with Crippen molar-refractivity contribution in [2.24, 2.45) is 0 Å². The van der Waals surface area contributed by atoms with Crippen molar-refractivity contribution in [2.45, 2.75) is 13.0 Å². The fraction of sp³-hybridized carbons (Fsp3) is 0.727. The number of aliphatic hydroxyl groups is 1. The van der Waals surface area contributed by atoms with E-state index in [9.17, 15) is 0 Å². The van der Waals surface area contributed by atoms with E-state index < -0.39 is 0 Å². The number of anilines is 2. The maximum atomic E-state index is 9.15. The first-order valence-electron chi connectivity index (χ1n) is 6.28. The molecule has 0 bridgehead atoms. The molecule has 0 spiro atoms. The van der Waals surface area contributed by atoms with Gasteiger partial charge in [0, 0.05) is 19.6 Å². The maximum absolute atomic E-state index is 9.15. The SMILES string of the molecule is CCNc1nc(OC)nc(N2CCOC(CO)C2)n1. The zero-order chi connectivity index (χ0) is 13.7. The number of aliphatic hydroxyl groups excluding tert-OH is 1. The van der Waals surface area contributed by atoms with Crippen molar-refractivity contribution in [3.63, 3.8) is 0 Å². The van der Waals surface area contributed by atoms with E-state index in [0.717, 1.165) is 6.54 Å². The molecular formula is C11H19N5O3. The quantitative estimate of drug-likeness (QED) is 0.739. The number of aromatic nitrogens is 3. The number of methoxy groups -OCH3 is 1. The van der Waals surface area contributed by atoms with Crippen LogP contribution in [0.25, 0.3) is 0 Å². The van der Waals surface area contributed by atoms with Crippen molar-refractivity contribution in [3.8, 4) is 6.01 Å². The van der Waals surface area contributed by atoms with Gasteiger partial charge in [-0.25, -0.2) is 0 Å². The number of hydrogen-bond donors (Lipinski definition) is 2. The molecule has 2 rings (SSSR count). The van der Waals surface area contributed by atoms with Crippen LogP contribution in [-0.2, 0) is 4.74 Å². The van der Waals surface area contributed by atoms with Crippen LogP contribution in [0.5, 0.6) is 6.01 Å². The molecule has 0 saturated carbocycles. The average Bonchev–Trinajstić information content (AvgIpc) is 2.47. The zero-order valence-corrected chi connectivity index (χ0v) is 11.2. The Hall–Kier alpha value is -1.67. The van der Waals surface area contributed by atoms with E-state index in [-0.39, 0.29) is 18.7 Å². The monoisotopic (exact) mass is 269 g/mol. The fourth-order valence-corrected chi connectivity index (χ4v) is 1.83. The first kappa shape index (κ1) is 13.8. The van der Waals surface area contributed by atoms with Gasteiger partial charge in [0.05, 0.1) is 26.4 Å². The Morgan fingerprint density at radius 2 is 2.32 bits per heavy atom. The topological polar surface area (TPSA) is 92.6 Å². The minimum atomic E-state index is -0.209. The van der Waals surface area contributed by atoms with Gasteiger partial charge in [-0.1, -0.05) is 0 Å². The molecule has 1 atom stereocenters. The van der Waals surface area contributed by atoms with Gasteiger partial charge < -0.3 is 24.8 Å². The normalized spacial score (nSPS) is 19.3. The number of ether oxygens (including phenoxy) is 2. The summed E-state index contributed by atoms with van der Waals surface area (Å²) in [6, 6.07) is 0.271. The van der Waals surface area contributed by atoms with Crippen LogP contribution >= 0.6 is 0 Å². The van der Waals surface area contributed by atoms with Gasteiger partial charge in [-0.2, -0.15) is 15.0 Å². The first-order valence-corrected chi connectivity index (χ1v) is 6.28. The van der Waals surface area contributed by atoms with E-state index in [1.807, 2.05) is 11.8 Å². The molecule has 2 heterocycles. The van der Waals surface area contributed by atoms with Crippen molar-refractivity contribution >= 4 is 11.9 Å². The van der Waals surface area contributed by atoms with Gasteiger partial charge in [0.1, 0.15) is 0 Å². The highest BCUT2D eigenvalue weighted by Crippen LogP contribution is 2.17. The van der Waals surface area contributed by atoms with Crippen LogP contribution < -0.4 is 15.0 Å². The zero-order valence-electron chi connectivity index (χ0n) is 11.2. The molecule has 1 aromatic heterocycles. The third-order valence-corrected chi connectivity index (χ3v) is 2.75. The highest BCUT2D eigenvalue weighted by molar-refractivity contribution is 5.38. The lowest BCUT2D eigenvalue weighted by atomic mass is 10.3. The summed E-state index contributed by atoms with van der Waals surface area (Å²) in [7, 11) is 1.52. The number of nitrogens with one attached hydrogen (secondary N) is 1. The molecule has 1 unspecified atom stereocenters. The molecule has 0 aliphatic carbocycles. The third-order valence-electron chi connectivity index (χ3n) is 2.75. The average molecular weight is 269 g/mol. The molecule has 0 radical (unpaired) electrons. The molecule has 1 aliphatic heterocycles. The van der Waals surface area contributed by atoms with Gasteiger partial charge in [-0.3, -0.25) is 0 Å². The number of morpholine rings is 1. The van der Waals surface area contributed by atoms with Gasteiger partial charge >= 0.3 is 6.01 Å². The Morgan fingerprint density at radius 3 is 3.00 bits per heavy atom. The lowest BCUT2D eigenvalue weighted by Crippen LogP contribution is -2.45. The van der Waals surface area contributed by atoms with E-state index >= 15 is 0 Å². The van der Waals surface area contributed by atoms with Crippen LogP contribution in [0, 0.1) is 0 Å². The van der Waals surface area contributed by atoms with Gasteiger partial charge in [0.25, 0.3) is 0 Å². The fourth-order valence-electron chi connectivity index (χ4n) is 1.83. The molecule has 1 fully saturated rings. The summed E-state index contributed by atoms with van der Waals surface area (Å²) in [5.74, 6) is 1.01. The molecule has 0 amide bonds. The Morgan fingerprint density at radius 1 is 1.47 bits per heavy atom. The summed E-state index contributed by atoms with van der Waals surface area (Å²) in [4.78, 5) is 14.6. The summed E-state index contributed by atoms with van der Waals surface area (Å²) in [6.07, 6.45) is -0.209. The van der Waals surface area contributed by atoms with Crippen molar-refractivity contribution in [1.82, 2.24) is 15.0 Å². The number of nitrogens with zero attached hydrogens (tertiary/aromatic N) is 4. The summed E-state index contributed by atoms with van der Waals surface area (Å²) in [6.45, 7) is 4.43. The van der Waals surface area contributed by atoms with Crippen LogP contribution in [0.4, 0.5) is 11.9 Å². The highest BCUT2D eigenvalue weighted by atomic mass is 16.5. The summed E-state index contributed by atoms with van der Waals surface area (Å²) in [5, 5.41) is 12.2. The second-order valence-corrected chi connectivity index (χ2v) is 4.10. The molecule has 8 nitrogen and oxygen atoms in total. The minimum Gasteiger partial charge on any atom is -0.467 e. The van der Waals surface area contributed by atoms with Crippen LogP contribution in [0.2, 0.25) is 0 Å². The van der Waals surface area contributed by atoms with Crippen LogP contribution in [0.15, 0.2) is 0 Å². The molecule has 8 heteroatoms. The van der Waals surface area contributed by atoms with Crippen molar-refractivity contribution in [1.29, 1.82) is 0 Å². The molecule has 0 aromatic carbocycles. The van der Waals surface area contributed by atoms with Crippen molar-refractivity contribution in [2.75, 3.05) is 50.2 Å². The van der Waals surface area contributed by atoms with Crippen molar-refractivity contribution < 1.29 is 14.6 Å². The lowest BCUT2D eigenvalue weighted by Gasteiger charge is -2.32. The summed E-state index contributed by atoms with van der Waals surface area (Å²) in [5.41, 5.74) is 0. The van der Waals surface area contributed by atoms with E-state index in [1.165, 1.54) is 7.11 Å². The molecule has 1 aromatic rings. The molecule has 1 saturated heterocycles. The Kier molecular flexibility index (Phi) is 4.69. The Labute approximate surface area is 111 Å². The lowest BCUT2D eigenvalue weighted by molar-refractivity contribution is 0.00311. The van der Waals surface area contributed by atoms with Gasteiger partial charge in [-0.05, 0) is 6.92 Å².